The standard InChI is InChI=1S/C15H23N3O/c1-10-8-13(16)6-7-14(10)17-15(19)11(2)18(3)9-12-4-5-12/h6-8,11-12H,4-5,9,16H2,1-3H3,(H,17,19). The summed E-state index contributed by atoms with van der Waals surface area (Å²) in [4.78, 5) is 14.3. The Morgan fingerprint density at radius 2 is 2.21 bits per heavy atom. The van der Waals surface area contributed by atoms with Crippen LogP contribution in [0.3, 0.4) is 0 Å². The average Bonchev–Trinajstić information content (AvgIpc) is 3.15. The van der Waals surface area contributed by atoms with Crippen LogP contribution in [0.5, 0.6) is 0 Å². The van der Waals surface area contributed by atoms with Crippen LogP contribution in [0.15, 0.2) is 18.2 Å². The van der Waals surface area contributed by atoms with E-state index in [1.165, 1.54) is 12.8 Å². The molecular formula is C15H23N3O. The first-order valence-electron chi connectivity index (χ1n) is 6.84. The molecule has 1 aromatic carbocycles. The molecule has 0 heterocycles. The highest BCUT2D eigenvalue weighted by molar-refractivity contribution is 5.95. The Bertz CT molecular complexity index is 468. The SMILES string of the molecule is Cc1cc(N)ccc1NC(=O)C(C)N(C)CC1CC1. The molecule has 1 aromatic rings. The minimum atomic E-state index is -0.113. The fourth-order valence-corrected chi connectivity index (χ4v) is 2.13. The second-order valence-corrected chi connectivity index (χ2v) is 5.62. The van der Waals surface area contributed by atoms with E-state index in [0.717, 1.165) is 29.4 Å². The Balaban J connectivity index is 1.95. The quantitative estimate of drug-likeness (QED) is 0.799. The number of aryl methyl sites for hydroxylation is 1. The normalized spacial score (nSPS) is 16.4. The van der Waals surface area contributed by atoms with Crippen LogP contribution in [0.2, 0.25) is 0 Å². The van der Waals surface area contributed by atoms with Crippen molar-refractivity contribution in [2.75, 3.05) is 24.6 Å². The molecule has 0 aliphatic heterocycles. The second-order valence-electron chi connectivity index (χ2n) is 5.62. The lowest BCUT2D eigenvalue weighted by molar-refractivity contribution is -0.120. The van der Waals surface area contributed by atoms with Crippen LogP contribution in [-0.2, 0) is 4.79 Å². The first kappa shape index (κ1) is 13.9. The van der Waals surface area contributed by atoms with Gasteiger partial charge in [0.1, 0.15) is 0 Å². The minimum Gasteiger partial charge on any atom is -0.399 e. The first-order chi connectivity index (χ1) is 8.97. The zero-order valence-electron chi connectivity index (χ0n) is 11.9. The molecule has 0 saturated heterocycles. The van der Waals surface area contributed by atoms with E-state index in [1.54, 1.807) is 6.07 Å². The molecule has 19 heavy (non-hydrogen) atoms. The Morgan fingerprint density at radius 1 is 1.53 bits per heavy atom. The number of nitrogens with zero attached hydrogens (tertiary/aromatic N) is 1. The number of carbonyl (C=O) groups excluding carboxylic acids is 1. The van der Waals surface area contributed by atoms with E-state index in [9.17, 15) is 4.79 Å². The van der Waals surface area contributed by atoms with Gasteiger partial charge in [-0.25, -0.2) is 0 Å². The third kappa shape index (κ3) is 3.70. The summed E-state index contributed by atoms with van der Waals surface area (Å²) in [6.45, 7) is 4.91. The molecule has 0 radical (unpaired) electrons. The van der Waals surface area contributed by atoms with Gasteiger partial charge in [-0.15, -0.1) is 0 Å². The fourth-order valence-electron chi connectivity index (χ4n) is 2.13. The molecule has 2 rings (SSSR count). The van der Waals surface area contributed by atoms with E-state index in [-0.39, 0.29) is 11.9 Å². The first-order valence-corrected chi connectivity index (χ1v) is 6.84. The minimum absolute atomic E-state index is 0.0380. The van der Waals surface area contributed by atoms with E-state index in [4.69, 9.17) is 5.73 Å². The van der Waals surface area contributed by atoms with Crippen LogP contribution in [0.1, 0.15) is 25.3 Å². The predicted octanol–water partition coefficient (Wildman–Crippen LogP) is 2.25. The van der Waals surface area contributed by atoms with Gasteiger partial charge in [0.15, 0.2) is 0 Å². The molecule has 0 spiro atoms. The summed E-state index contributed by atoms with van der Waals surface area (Å²) in [5.74, 6) is 0.828. The molecule has 1 aliphatic carbocycles. The third-order valence-corrected chi connectivity index (χ3v) is 3.79. The maximum atomic E-state index is 12.2. The van der Waals surface area contributed by atoms with E-state index in [2.05, 4.69) is 10.2 Å². The summed E-state index contributed by atoms with van der Waals surface area (Å²) in [6, 6.07) is 5.42. The van der Waals surface area contributed by atoms with Crippen LogP contribution in [-0.4, -0.2) is 30.4 Å². The van der Waals surface area contributed by atoms with E-state index < -0.39 is 0 Å². The van der Waals surface area contributed by atoms with Gasteiger partial charge in [0.2, 0.25) is 5.91 Å². The highest BCUT2D eigenvalue weighted by Crippen LogP contribution is 2.29. The molecule has 3 N–H and O–H groups in total. The molecule has 1 unspecified atom stereocenters. The van der Waals surface area contributed by atoms with Crippen molar-refractivity contribution in [1.29, 1.82) is 0 Å². The Labute approximate surface area is 115 Å². The second kappa shape index (κ2) is 5.61. The van der Waals surface area contributed by atoms with Gasteiger partial charge in [-0.1, -0.05) is 0 Å². The molecule has 1 saturated carbocycles. The van der Waals surface area contributed by atoms with Crippen LogP contribution in [0.4, 0.5) is 11.4 Å². The van der Waals surface area contributed by atoms with Gasteiger partial charge in [0.05, 0.1) is 6.04 Å². The van der Waals surface area contributed by atoms with E-state index >= 15 is 0 Å². The smallest absolute Gasteiger partial charge is 0.241 e. The molecule has 1 aliphatic rings. The summed E-state index contributed by atoms with van der Waals surface area (Å²) in [5.41, 5.74) is 8.25. The van der Waals surface area contributed by atoms with E-state index in [1.807, 2.05) is 33.0 Å². The molecule has 1 amide bonds. The summed E-state index contributed by atoms with van der Waals surface area (Å²) in [6.07, 6.45) is 2.60. The molecule has 4 heteroatoms. The topological polar surface area (TPSA) is 58.4 Å². The third-order valence-electron chi connectivity index (χ3n) is 3.79. The van der Waals surface area contributed by atoms with Crippen LogP contribution >= 0.6 is 0 Å². The Kier molecular flexibility index (Phi) is 4.10. The predicted molar refractivity (Wildman–Crippen MR) is 79.0 cm³/mol. The molecule has 4 nitrogen and oxygen atoms in total. The number of rotatable bonds is 5. The molecule has 1 fully saturated rings. The fraction of sp³-hybridized carbons (Fsp3) is 0.533. The maximum Gasteiger partial charge on any atom is 0.241 e. The van der Waals surface area contributed by atoms with E-state index in [0.29, 0.717) is 0 Å². The molecule has 0 aromatic heterocycles. The van der Waals surface area contributed by atoms with Crippen molar-refractivity contribution >= 4 is 17.3 Å². The molecule has 1 atom stereocenters. The zero-order chi connectivity index (χ0) is 14.0. The van der Waals surface area contributed by atoms with Crippen molar-refractivity contribution in [2.45, 2.75) is 32.7 Å². The summed E-state index contributed by atoms with van der Waals surface area (Å²) < 4.78 is 0. The van der Waals surface area contributed by atoms with Gasteiger partial charge < -0.3 is 11.1 Å². The average molecular weight is 261 g/mol. The number of nitrogens with one attached hydrogen (secondary N) is 1. The van der Waals surface area contributed by atoms with Crippen molar-refractivity contribution in [3.63, 3.8) is 0 Å². The number of carbonyl (C=O) groups is 1. The summed E-state index contributed by atoms with van der Waals surface area (Å²) in [7, 11) is 2.01. The summed E-state index contributed by atoms with van der Waals surface area (Å²) in [5, 5.41) is 2.98. The lowest BCUT2D eigenvalue weighted by Crippen LogP contribution is -2.40. The van der Waals surface area contributed by atoms with Gasteiger partial charge >= 0.3 is 0 Å². The number of benzene rings is 1. The molecule has 104 valence electrons. The van der Waals surface area contributed by atoms with Crippen LogP contribution < -0.4 is 11.1 Å². The largest absolute Gasteiger partial charge is 0.399 e. The number of hydrogen-bond donors (Lipinski definition) is 2. The number of likely N-dealkylation sites (N-methyl/N-ethyl adjacent to an activating group) is 1. The van der Waals surface area contributed by atoms with Crippen molar-refractivity contribution in [1.82, 2.24) is 4.90 Å². The number of nitrogen functional groups attached to an aromatic ring is 1. The Morgan fingerprint density at radius 3 is 2.79 bits per heavy atom. The molecule has 0 bridgehead atoms. The van der Waals surface area contributed by atoms with Crippen molar-refractivity contribution < 1.29 is 4.79 Å². The highest BCUT2D eigenvalue weighted by atomic mass is 16.2. The zero-order valence-corrected chi connectivity index (χ0v) is 11.9. The van der Waals surface area contributed by atoms with Gasteiger partial charge in [-0.2, -0.15) is 0 Å². The Hall–Kier alpha value is -1.55. The van der Waals surface area contributed by atoms with Crippen molar-refractivity contribution in [3.05, 3.63) is 23.8 Å². The van der Waals surface area contributed by atoms with Crippen LogP contribution in [0.25, 0.3) is 0 Å². The van der Waals surface area contributed by atoms with Crippen LogP contribution in [0, 0.1) is 12.8 Å². The molecular weight excluding hydrogens is 238 g/mol. The number of hydrogen-bond acceptors (Lipinski definition) is 3. The van der Waals surface area contributed by atoms with Gasteiger partial charge in [-0.05, 0) is 63.4 Å². The van der Waals surface area contributed by atoms with Gasteiger partial charge in [0, 0.05) is 17.9 Å². The highest BCUT2D eigenvalue weighted by Gasteiger charge is 2.27. The lowest BCUT2D eigenvalue weighted by atomic mass is 10.1. The lowest BCUT2D eigenvalue weighted by Gasteiger charge is -2.24. The van der Waals surface area contributed by atoms with Gasteiger partial charge in [0.25, 0.3) is 0 Å². The van der Waals surface area contributed by atoms with Gasteiger partial charge in [-0.3, -0.25) is 9.69 Å². The van der Waals surface area contributed by atoms with Crippen molar-refractivity contribution in [2.24, 2.45) is 5.92 Å². The monoisotopic (exact) mass is 261 g/mol. The number of amides is 1. The summed E-state index contributed by atoms with van der Waals surface area (Å²) >= 11 is 0. The number of anilines is 2. The van der Waals surface area contributed by atoms with Crippen molar-refractivity contribution in [3.8, 4) is 0 Å². The maximum absolute atomic E-state index is 12.2. The number of nitrogens with two attached hydrogens (primary N) is 1.